The zero-order valence-corrected chi connectivity index (χ0v) is 12.1. The molecule has 6 nitrogen and oxygen atoms in total. The monoisotopic (exact) mass is 292 g/mol. The first-order valence-corrected chi connectivity index (χ1v) is 5.96. The Morgan fingerprint density at radius 1 is 1.44 bits per heavy atom. The van der Waals surface area contributed by atoms with Crippen molar-refractivity contribution in [1.82, 2.24) is 15.2 Å². The van der Waals surface area contributed by atoms with E-state index in [9.17, 15) is 9.59 Å². The number of aromatic nitrogens is 1. The lowest BCUT2D eigenvalue weighted by Crippen LogP contribution is -2.49. The van der Waals surface area contributed by atoms with Crippen molar-refractivity contribution < 1.29 is 9.59 Å². The SMILES string of the molecule is CC(C)(C)NC(=O)NC(=O)Cn1ccsc1=N.Cl. The van der Waals surface area contributed by atoms with Gasteiger partial charge in [0.05, 0.1) is 0 Å². The van der Waals surface area contributed by atoms with Gasteiger partial charge in [-0.05, 0) is 20.8 Å². The second-order valence-corrected chi connectivity index (χ2v) is 5.48. The van der Waals surface area contributed by atoms with Gasteiger partial charge in [0.2, 0.25) is 5.91 Å². The molecule has 18 heavy (non-hydrogen) atoms. The molecule has 0 saturated heterocycles. The molecule has 1 aromatic rings. The molecule has 1 aromatic heterocycles. The molecule has 1 rings (SSSR count). The second-order valence-electron chi connectivity index (χ2n) is 4.59. The van der Waals surface area contributed by atoms with Crippen LogP contribution >= 0.6 is 23.7 Å². The molecule has 1 heterocycles. The predicted octanol–water partition coefficient (Wildman–Crippen LogP) is 1.08. The van der Waals surface area contributed by atoms with Gasteiger partial charge in [0.15, 0.2) is 4.80 Å². The first-order chi connectivity index (χ1) is 7.78. The summed E-state index contributed by atoms with van der Waals surface area (Å²) in [7, 11) is 0. The molecule has 3 N–H and O–H groups in total. The number of amides is 3. The van der Waals surface area contributed by atoms with Gasteiger partial charge in [-0.25, -0.2) is 4.79 Å². The van der Waals surface area contributed by atoms with Gasteiger partial charge in [0.25, 0.3) is 0 Å². The molecular weight excluding hydrogens is 276 g/mol. The zero-order chi connectivity index (χ0) is 13.1. The van der Waals surface area contributed by atoms with Crippen molar-refractivity contribution in [3.05, 3.63) is 16.4 Å². The van der Waals surface area contributed by atoms with Gasteiger partial charge in [-0.2, -0.15) is 0 Å². The maximum absolute atomic E-state index is 11.5. The van der Waals surface area contributed by atoms with Crippen LogP contribution in [0, 0.1) is 5.41 Å². The lowest BCUT2D eigenvalue weighted by molar-refractivity contribution is -0.120. The van der Waals surface area contributed by atoms with E-state index < -0.39 is 11.9 Å². The van der Waals surface area contributed by atoms with Crippen LogP contribution in [0.1, 0.15) is 20.8 Å². The van der Waals surface area contributed by atoms with Crippen molar-refractivity contribution in [3.8, 4) is 0 Å². The predicted molar refractivity (Wildman–Crippen MR) is 71.8 cm³/mol. The first kappa shape index (κ1) is 16.7. The van der Waals surface area contributed by atoms with E-state index in [1.807, 2.05) is 20.8 Å². The first-order valence-electron chi connectivity index (χ1n) is 5.08. The third-order valence-corrected chi connectivity index (χ3v) is 2.45. The molecule has 0 bridgehead atoms. The van der Waals surface area contributed by atoms with Gasteiger partial charge < -0.3 is 9.88 Å². The van der Waals surface area contributed by atoms with Crippen molar-refractivity contribution in [2.75, 3.05) is 0 Å². The van der Waals surface area contributed by atoms with Crippen LogP contribution in [-0.2, 0) is 11.3 Å². The third-order valence-electron chi connectivity index (χ3n) is 1.74. The summed E-state index contributed by atoms with van der Waals surface area (Å²) in [5.41, 5.74) is -0.388. The van der Waals surface area contributed by atoms with Gasteiger partial charge in [0.1, 0.15) is 6.54 Å². The Hall–Kier alpha value is -1.34. The number of halogens is 1. The molecule has 0 atom stereocenters. The van der Waals surface area contributed by atoms with Crippen LogP contribution in [-0.4, -0.2) is 22.0 Å². The van der Waals surface area contributed by atoms with Gasteiger partial charge in [-0.15, -0.1) is 23.7 Å². The van der Waals surface area contributed by atoms with Crippen LogP contribution in [0.3, 0.4) is 0 Å². The number of thiazole rings is 1. The van der Waals surface area contributed by atoms with E-state index in [4.69, 9.17) is 5.41 Å². The Kier molecular flexibility index (Phi) is 6.07. The molecule has 0 aliphatic heterocycles. The highest BCUT2D eigenvalue weighted by Crippen LogP contribution is 1.97. The van der Waals surface area contributed by atoms with Crippen molar-refractivity contribution in [3.63, 3.8) is 0 Å². The molecule has 3 amide bonds. The van der Waals surface area contributed by atoms with E-state index in [0.29, 0.717) is 0 Å². The van der Waals surface area contributed by atoms with Crippen molar-refractivity contribution >= 4 is 35.7 Å². The minimum Gasteiger partial charge on any atom is -0.333 e. The highest BCUT2D eigenvalue weighted by Gasteiger charge is 2.15. The average Bonchev–Trinajstić information content (AvgIpc) is 2.47. The number of urea groups is 1. The van der Waals surface area contributed by atoms with E-state index >= 15 is 0 Å². The third kappa shape index (κ3) is 5.83. The van der Waals surface area contributed by atoms with Crippen molar-refractivity contribution in [1.29, 1.82) is 5.41 Å². The zero-order valence-electron chi connectivity index (χ0n) is 10.4. The smallest absolute Gasteiger partial charge is 0.321 e. The minimum atomic E-state index is -0.523. The fourth-order valence-corrected chi connectivity index (χ4v) is 1.72. The van der Waals surface area contributed by atoms with Crippen LogP contribution in [0.4, 0.5) is 4.79 Å². The number of carbonyl (C=O) groups is 2. The standard InChI is InChI=1S/C10H16N4O2S.ClH/c1-10(2,3)13-9(16)12-7(15)6-14-4-5-17-8(14)11;/h4-5,11H,6H2,1-3H3,(H2,12,13,15,16);1H. The Morgan fingerprint density at radius 2 is 2.06 bits per heavy atom. The molecular formula is C10H17ClN4O2S. The van der Waals surface area contributed by atoms with Gasteiger partial charge in [-0.1, -0.05) is 0 Å². The number of carbonyl (C=O) groups excluding carboxylic acids is 2. The van der Waals surface area contributed by atoms with Gasteiger partial charge in [-0.3, -0.25) is 15.5 Å². The van der Waals surface area contributed by atoms with Crippen LogP contribution < -0.4 is 15.4 Å². The maximum Gasteiger partial charge on any atom is 0.321 e. The van der Waals surface area contributed by atoms with E-state index in [0.717, 1.165) is 0 Å². The molecule has 0 aliphatic carbocycles. The van der Waals surface area contributed by atoms with Gasteiger partial charge >= 0.3 is 6.03 Å². The summed E-state index contributed by atoms with van der Waals surface area (Å²) in [6.07, 6.45) is 1.63. The van der Waals surface area contributed by atoms with Gasteiger partial charge in [0, 0.05) is 17.1 Å². The van der Waals surface area contributed by atoms with Crippen LogP contribution in [0.25, 0.3) is 0 Å². The molecule has 0 fully saturated rings. The normalized spacial score (nSPS) is 10.4. The average molecular weight is 293 g/mol. The molecule has 0 unspecified atom stereocenters. The highest BCUT2D eigenvalue weighted by molar-refractivity contribution is 7.06. The summed E-state index contributed by atoms with van der Waals surface area (Å²) in [6, 6.07) is -0.523. The Balaban J connectivity index is 0.00000289. The fourth-order valence-electron chi connectivity index (χ4n) is 1.12. The van der Waals surface area contributed by atoms with E-state index in [1.54, 1.807) is 11.6 Å². The summed E-state index contributed by atoms with van der Waals surface area (Å²) in [4.78, 5) is 23.1. The molecule has 102 valence electrons. The summed E-state index contributed by atoms with van der Waals surface area (Å²) in [5.74, 6) is -0.441. The molecule has 0 spiro atoms. The Bertz CT molecular complexity index is 475. The molecule has 0 aromatic carbocycles. The number of nitrogens with zero attached hydrogens (tertiary/aromatic N) is 1. The van der Waals surface area contributed by atoms with Crippen molar-refractivity contribution in [2.45, 2.75) is 32.9 Å². The lowest BCUT2D eigenvalue weighted by Gasteiger charge is -2.20. The molecule has 0 saturated carbocycles. The van der Waals surface area contributed by atoms with Crippen LogP contribution in [0.5, 0.6) is 0 Å². The number of imide groups is 1. The van der Waals surface area contributed by atoms with E-state index in [-0.39, 0.29) is 29.3 Å². The summed E-state index contributed by atoms with van der Waals surface area (Å²) >= 11 is 1.22. The lowest BCUT2D eigenvalue weighted by atomic mass is 10.1. The Morgan fingerprint density at radius 3 is 2.50 bits per heavy atom. The fraction of sp³-hybridized carbons (Fsp3) is 0.500. The molecule has 0 aliphatic rings. The highest BCUT2D eigenvalue weighted by atomic mass is 35.5. The van der Waals surface area contributed by atoms with Crippen molar-refractivity contribution in [2.24, 2.45) is 0 Å². The Labute approximate surface area is 115 Å². The van der Waals surface area contributed by atoms with Crippen LogP contribution in [0.2, 0.25) is 0 Å². The maximum atomic E-state index is 11.5. The molecule has 8 heteroatoms. The largest absolute Gasteiger partial charge is 0.333 e. The van der Waals surface area contributed by atoms with Crippen LogP contribution in [0.15, 0.2) is 11.6 Å². The second kappa shape index (κ2) is 6.55. The number of hydrogen-bond donors (Lipinski definition) is 3. The minimum absolute atomic E-state index is 0. The van der Waals surface area contributed by atoms with E-state index in [1.165, 1.54) is 15.9 Å². The number of rotatable bonds is 2. The quantitative estimate of drug-likeness (QED) is 0.761. The summed E-state index contributed by atoms with van der Waals surface area (Å²) in [6.45, 7) is 5.45. The molecule has 0 radical (unpaired) electrons. The summed E-state index contributed by atoms with van der Waals surface area (Å²) < 4.78 is 1.46. The number of nitrogens with one attached hydrogen (secondary N) is 3. The van der Waals surface area contributed by atoms with E-state index in [2.05, 4.69) is 10.6 Å². The topological polar surface area (TPSA) is 87.0 Å². The summed E-state index contributed by atoms with van der Waals surface area (Å²) in [5, 5.41) is 14.0. The number of hydrogen-bond acceptors (Lipinski definition) is 4.